The molecular formula is C26H23ClN2. The minimum atomic E-state index is 0.636. The van der Waals surface area contributed by atoms with Crippen LogP contribution in [0.15, 0.2) is 76.7 Å². The Kier molecular flexibility index (Phi) is 5.03. The second-order valence-corrected chi connectivity index (χ2v) is 8.30. The van der Waals surface area contributed by atoms with E-state index in [0.717, 1.165) is 39.9 Å². The van der Waals surface area contributed by atoms with Crippen molar-refractivity contribution in [1.82, 2.24) is 0 Å². The molecule has 0 radical (unpaired) electrons. The molecule has 2 nitrogen and oxygen atoms in total. The molecule has 0 amide bonds. The van der Waals surface area contributed by atoms with Gasteiger partial charge in [0.25, 0.3) is 0 Å². The summed E-state index contributed by atoms with van der Waals surface area (Å²) in [6.45, 7) is 0.636. The smallest absolute Gasteiger partial charge is 0.156 e. The maximum Gasteiger partial charge on any atom is 0.156 e. The number of nitrogens with zero attached hydrogens (tertiary/aromatic N) is 2. The molecule has 3 heteroatoms. The van der Waals surface area contributed by atoms with E-state index in [-0.39, 0.29) is 0 Å². The second kappa shape index (κ2) is 7.96. The largest absolute Gasteiger partial charge is 0.260 e. The molecule has 0 fully saturated rings. The zero-order valence-electron chi connectivity index (χ0n) is 16.3. The summed E-state index contributed by atoms with van der Waals surface area (Å²) in [5.41, 5.74) is 7.55. The topological polar surface area (TPSA) is 24.7 Å². The molecule has 0 bridgehead atoms. The van der Waals surface area contributed by atoms with Crippen molar-refractivity contribution in [2.24, 2.45) is 15.9 Å². The van der Waals surface area contributed by atoms with Crippen molar-refractivity contribution in [1.29, 1.82) is 0 Å². The first kappa shape index (κ1) is 18.3. The van der Waals surface area contributed by atoms with Gasteiger partial charge in [0.2, 0.25) is 0 Å². The van der Waals surface area contributed by atoms with Crippen LogP contribution in [0, 0.1) is 5.92 Å². The third-order valence-corrected chi connectivity index (χ3v) is 6.42. The first-order chi connectivity index (χ1) is 14.3. The zero-order chi connectivity index (χ0) is 19.6. The minimum absolute atomic E-state index is 0.636. The van der Waals surface area contributed by atoms with Crippen LogP contribution < -0.4 is 0 Å². The maximum absolute atomic E-state index is 6.70. The molecule has 29 heavy (non-hydrogen) atoms. The molecule has 0 unspecified atom stereocenters. The molecule has 5 rings (SSSR count). The van der Waals surface area contributed by atoms with E-state index in [9.17, 15) is 0 Å². The lowest BCUT2D eigenvalue weighted by Gasteiger charge is -2.11. The van der Waals surface area contributed by atoms with Crippen LogP contribution in [0.5, 0.6) is 0 Å². The predicted molar refractivity (Wildman–Crippen MR) is 122 cm³/mol. The van der Waals surface area contributed by atoms with Crippen LogP contribution in [-0.2, 0) is 19.3 Å². The Morgan fingerprint density at radius 2 is 1.55 bits per heavy atom. The molecule has 0 spiro atoms. The summed E-state index contributed by atoms with van der Waals surface area (Å²) >= 11 is 6.70. The van der Waals surface area contributed by atoms with Gasteiger partial charge in [-0.25, -0.2) is 4.99 Å². The Bertz CT molecular complexity index is 1070. The highest BCUT2D eigenvalue weighted by molar-refractivity contribution is 6.37. The van der Waals surface area contributed by atoms with Gasteiger partial charge in [-0.3, -0.25) is 4.99 Å². The normalized spacial score (nSPS) is 15.6. The fraction of sp³-hybridized carbons (Fsp3) is 0.231. The summed E-state index contributed by atoms with van der Waals surface area (Å²) in [5.74, 6) is 1.50. The van der Waals surface area contributed by atoms with Gasteiger partial charge in [-0.1, -0.05) is 72.3 Å². The molecule has 1 aliphatic heterocycles. The van der Waals surface area contributed by atoms with Crippen molar-refractivity contribution in [3.63, 3.8) is 0 Å². The van der Waals surface area contributed by atoms with Gasteiger partial charge in [0.1, 0.15) is 0 Å². The Balaban J connectivity index is 1.28. The van der Waals surface area contributed by atoms with Crippen LogP contribution in [0.3, 0.4) is 0 Å². The van der Waals surface area contributed by atoms with Crippen LogP contribution in [0.25, 0.3) is 11.1 Å². The first-order valence-electron chi connectivity index (χ1n) is 10.3. The highest BCUT2D eigenvalue weighted by Gasteiger charge is 2.20. The second-order valence-electron chi connectivity index (χ2n) is 7.92. The lowest BCUT2D eigenvalue weighted by Crippen LogP contribution is -2.01. The average molecular weight is 399 g/mol. The van der Waals surface area contributed by atoms with Gasteiger partial charge in [0.15, 0.2) is 5.84 Å². The molecule has 0 saturated carbocycles. The van der Waals surface area contributed by atoms with E-state index >= 15 is 0 Å². The van der Waals surface area contributed by atoms with E-state index in [2.05, 4.69) is 64.6 Å². The van der Waals surface area contributed by atoms with E-state index in [0.29, 0.717) is 6.54 Å². The van der Waals surface area contributed by atoms with Gasteiger partial charge < -0.3 is 0 Å². The molecule has 3 aromatic carbocycles. The standard InChI is InChI=1S/C26H23ClN2/c27-25-23(6-3-7-24(25)26-28-14-15-29-26)20-12-10-18(11-13-20)8-9-19-16-21-4-1-2-5-22(21)17-19/h1-7,10-14,19H,8-9,15-17H2. The number of amidine groups is 1. The van der Waals surface area contributed by atoms with Crippen LogP contribution in [0.4, 0.5) is 0 Å². The highest BCUT2D eigenvalue weighted by Crippen LogP contribution is 2.33. The summed E-state index contributed by atoms with van der Waals surface area (Å²) in [4.78, 5) is 8.74. The predicted octanol–water partition coefficient (Wildman–Crippen LogP) is 6.19. The third kappa shape index (κ3) is 3.77. The number of aryl methyl sites for hydroxylation is 1. The van der Waals surface area contributed by atoms with E-state index in [1.807, 2.05) is 18.3 Å². The molecule has 0 saturated heterocycles. The summed E-state index contributed by atoms with van der Waals surface area (Å²) in [7, 11) is 0. The van der Waals surface area contributed by atoms with Crippen molar-refractivity contribution < 1.29 is 0 Å². The molecule has 1 heterocycles. The van der Waals surface area contributed by atoms with Crippen molar-refractivity contribution in [3.05, 3.63) is 94.0 Å². The fourth-order valence-electron chi connectivity index (χ4n) is 4.45. The number of hydrogen-bond acceptors (Lipinski definition) is 2. The number of halogens is 1. The molecule has 3 aromatic rings. The Morgan fingerprint density at radius 3 is 2.24 bits per heavy atom. The average Bonchev–Trinajstić information content (AvgIpc) is 3.42. The summed E-state index contributed by atoms with van der Waals surface area (Å²) in [6, 6.07) is 23.8. The van der Waals surface area contributed by atoms with Crippen LogP contribution >= 0.6 is 11.6 Å². The SMILES string of the molecule is Clc1c(C2=NCC=N2)cccc1-c1ccc(CCC2Cc3ccccc3C2)cc1. The van der Waals surface area contributed by atoms with E-state index in [1.54, 1.807) is 11.1 Å². The molecule has 0 aromatic heterocycles. The summed E-state index contributed by atoms with van der Waals surface area (Å²) < 4.78 is 0. The van der Waals surface area contributed by atoms with Gasteiger partial charge in [-0.2, -0.15) is 0 Å². The van der Waals surface area contributed by atoms with Gasteiger partial charge in [0.05, 0.1) is 11.6 Å². The summed E-state index contributed by atoms with van der Waals surface area (Å²) in [5, 5.41) is 0.724. The maximum atomic E-state index is 6.70. The van der Waals surface area contributed by atoms with Crippen molar-refractivity contribution in [2.75, 3.05) is 6.54 Å². The van der Waals surface area contributed by atoms with Gasteiger partial charge in [-0.15, -0.1) is 0 Å². The minimum Gasteiger partial charge on any atom is -0.260 e. The number of hydrogen-bond donors (Lipinski definition) is 0. The lowest BCUT2D eigenvalue weighted by atomic mass is 9.95. The molecule has 2 aliphatic rings. The van der Waals surface area contributed by atoms with E-state index in [4.69, 9.17) is 11.6 Å². The van der Waals surface area contributed by atoms with E-state index in [1.165, 1.54) is 24.8 Å². The quantitative estimate of drug-likeness (QED) is 0.489. The number of fused-ring (bicyclic) bond motifs is 1. The third-order valence-electron chi connectivity index (χ3n) is 6.02. The zero-order valence-corrected chi connectivity index (χ0v) is 17.1. The number of rotatable bonds is 5. The summed E-state index contributed by atoms with van der Waals surface area (Å²) in [6.07, 6.45) is 6.63. The lowest BCUT2D eigenvalue weighted by molar-refractivity contribution is 0.514. The Labute approximate surface area is 177 Å². The van der Waals surface area contributed by atoms with E-state index < -0.39 is 0 Å². The fourth-order valence-corrected chi connectivity index (χ4v) is 4.77. The first-order valence-corrected chi connectivity index (χ1v) is 10.7. The van der Waals surface area contributed by atoms with Gasteiger partial charge in [-0.05, 0) is 59.9 Å². The van der Waals surface area contributed by atoms with Crippen molar-refractivity contribution in [2.45, 2.75) is 25.7 Å². The Morgan fingerprint density at radius 1 is 0.828 bits per heavy atom. The van der Waals surface area contributed by atoms with Crippen molar-refractivity contribution in [3.8, 4) is 11.1 Å². The highest BCUT2D eigenvalue weighted by atomic mass is 35.5. The molecule has 1 aliphatic carbocycles. The monoisotopic (exact) mass is 398 g/mol. The van der Waals surface area contributed by atoms with Crippen molar-refractivity contribution >= 4 is 23.7 Å². The van der Waals surface area contributed by atoms with Gasteiger partial charge in [0, 0.05) is 17.3 Å². The van der Waals surface area contributed by atoms with Crippen LogP contribution in [0.1, 0.15) is 28.7 Å². The van der Waals surface area contributed by atoms with Crippen LogP contribution in [-0.4, -0.2) is 18.6 Å². The molecule has 0 N–H and O–H groups in total. The molecular weight excluding hydrogens is 376 g/mol. The van der Waals surface area contributed by atoms with Gasteiger partial charge >= 0.3 is 0 Å². The number of benzene rings is 3. The van der Waals surface area contributed by atoms with Crippen LogP contribution in [0.2, 0.25) is 5.02 Å². The number of aliphatic imine (C=N–C) groups is 2. The molecule has 0 atom stereocenters. The Hall–Kier alpha value is -2.71. The molecule has 144 valence electrons.